The Kier molecular flexibility index (Phi) is 4.93. The van der Waals surface area contributed by atoms with Crippen LogP contribution in [0.2, 0.25) is 0 Å². The molecule has 0 aliphatic heterocycles. The molecule has 1 heterocycles. The van der Waals surface area contributed by atoms with E-state index in [0.717, 1.165) is 42.5 Å². The van der Waals surface area contributed by atoms with Gasteiger partial charge >= 0.3 is 0 Å². The van der Waals surface area contributed by atoms with Gasteiger partial charge in [-0.1, -0.05) is 31.2 Å². The highest BCUT2D eigenvalue weighted by Gasteiger charge is 2.23. The monoisotopic (exact) mass is 324 g/mol. The molecule has 0 spiro atoms. The average molecular weight is 324 g/mol. The normalized spacial score (nSPS) is 16.7. The van der Waals surface area contributed by atoms with Crippen molar-refractivity contribution in [1.29, 1.82) is 0 Å². The van der Waals surface area contributed by atoms with E-state index >= 15 is 0 Å². The van der Waals surface area contributed by atoms with Crippen molar-refractivity contribution < 1.29 is 4.79 Å². The highest BCUT2D eigenvalue weighted by Crippen LogP contribution is 2.26. The third-order valence-electron chi connectivity index (χ3n) is 4.92. The number of aromatic nitrogens is 2. The lowest BCUT2D eigenvalue weighted by atomic mass is 9.83. The molecule has 1 aromatic carbocycles. The number of ketones is 1. The fourth-order valence-corrected chi connectivity index (χ4v) is 3.41. The minimum absolute atomic E-state index is 0.0432. The van der Waals surface area contributed by atoms with Gasteiger partial charge in [-0.2, -0.15) is 5.10 Å². The van der Waals surface area contributed by atoms with Crippen molar-refractivity contribution in [2.24, 2.45) is 5.92 Å². The van der Waals surface area contributed by atoms with Crippen molar-refractivity contribution in [3.63, 3.8) is 0 Å². The van der Waals surface area contributed by atoms with Gasteiger partial charge in [-0.3, -0.25) is 9.59 Å². The number of hydrogen-bond donors (Lipinski definition) is 0. The summed E-state index contributed by atoms with van der Waals surface area (Å²) < 4.78 is 1.51. The van der Waals surface area contributed by atoms with E-state index in [1.165, 1.54) is 10.2 Å². The third-order valence-corrected chi connectivity index (χ3v) is 4.92. The van der Waals surface area contributed by atoms with Gasteiger partial charge in [0.15, 0.2) is 5.78 Å². The fraction of sp³-hybridized carbons (Fsp3) is 0.450. The van der Waals surface area contributed by atoms with Crippen LogP contribution in [-0.4, -0.2) is 15.6 Å². The molecule has 4 heteroatoms. The van der Waals surface area contributed by atoms with Gasteiger partial charge in [-0.25, -0.2) is 4.68 Å². The molecule has 4 nitrogen and oxygen atoms in total. The number of Topliss-reactive ketones (excluding diaryl/α,β-unsaturated/α-hetero) is 1. The van der Waals surface area contributed by atoms with Gasteiger partial charge in [0.2, 0.25) is 0 Å². The van der Waals surface area contributed by atoms with E-state index in [4.69, 9.17) is 0 Å². The molecule has 0 radical (unpaired) electrons. The molecule has 0 fully saturated rings. The van der Waals surface area contributed by atoms with Crippen LogP contribution in [0.15, 0.2) is 35.1 Å². The molecular weight excluding hydrogens is 300 g/mol. The molecule has 0 amide bonds. The van der Waals surface area contributed by atoms with Crippen LogP contribution >= 0.6 is 0 Å². The summed E-state index contributed by atoms with van der Waals surface area (Å²) in [4.78, 5) is 24.5. The van der Waals surface area contributed by atoms with E-state index < -0.39 is 0 Å². The van der Waals surface area contributed by atoms with Gasteiger partial charge in [0.05, 0.1) is 5.69 Å². The van der Waals surface area contributed by atoms with Crippen LogP contribution in [0.1, 0.15) is 53.9 Å². The third kappa shape index (κ3) is 3.48. The van der Waals surface area contributed by atoms with Crippen molar-refractivity contribution in [2.45, 2.75) is 52.5 Å². The van der Waals surface area contributed by atoms with Gasteiger partial charge in [-0.15, -0.1) is 0 Å². The molecule has 0 saturated heterocycles. The Hall–Kier alpha value is -2.23. The quantitative estimate of drug-likeness (QED) is 0.794. The number of carbonyl (C=O) groups is 1. The molecule has 1 aliphatic carbocycles. The number of fused-ring (bicyclic) bond motifs is 1. The van der Waals surface area contributed by atoms with Crippen LogP contribution in [0.5, 0.6) is 0 Å². The van der Waals surface area contributed by atoms with E-state index in [-0.39, 0.29) is 11.3 Å². The predicted molar refractivity (Wildman–Crippen MR) is 94.5 cm³/mol. The lowest BCUT2D eigenvalue weighted by Gasteiger charge is -2.23. The smallest absolute Gasteiger partial charge is 0.267 e. The van der Waals surface area contributed by atoms with Crippen LogP contribution in [0, 0.1) is 5.92 Å². The summed E-state index contributed by atoms with van der Waals surface area (Å²) in [7, 11) is 0. The Labute approximate surface area is 142 Å². The van der Waals surface area contributed by atoms with E-state index in [9.17, 15) is 9.59 Å². The van der Waals surface area contributed by atoms with Crippen molar-refractivity contribution in [3.05, 3.63) is 63.1 Å². The summed E-state index contributed by atoms with van der Waals surface area (Å²) in [6.07, 6.45) is 4.11. The van der Waals surface area contributed by atoms with Crippen LogP contribution < -0.4 is 5.56 Å². The lowest BCUT2D eigenvalue weighted by Crippen LogP contribution is -2.28. The zero-order chi connectivity index (χ0) is 17.1. The van der Waals surface area contributed by atoms with E-state index in [2.05, 4.69) is 12.0 Å². The second-order valence-electron chi connectivity index (χ2n) is 6.56. The van der Waals surface area contributed by atoms with Crippen LogP contribution in [0.25, 0.3) is 0 Å². The Balaban J connectivity index is 1.70. The van der Waals surface area contributed by atoms with Crippen molar-refractivity contribution in [1.82, 2.24) is 9.78 Å². The minimum atomic E-state index is -0.0432. The molecule has 0 N–H and O–H groups in total. The van der Waals surface area contributed by atoms with Crippen molar-refractivity contribution in [3.8, 4) is 0 Å². The summed E-state index contributed by atoms with van der Waals surface area (Å²) in [5.74, 6) is 0.496. The standard InChI is InChI=1S/C20H24N2O2/c1-3-14-5-8-16(9-6-14)19(23)12-15-7-10-18-17(11-15)13-20(24)22(4-2)21-18/h5-6,8-9,13,15H,3-4,7,10-12H2,1-2H3. The van der Waals surface area contributed by atoms with E-state index in [1.807, 2.05) is 31.2 Å². The number of carbonyl (C=O) groups excluding carboxylic acids is 1. The van der Waals surface area contributed by atoms with Gasteiger partial charge in [-0.05, 0) is 49.7 Å². The molecule has 24 heavy (non-hydrogen) atoms. The van der Waals surface area contributed by atoms with E-state index in [0.29, 0.717) is 18.9 Å². The Morgan fingerprint density at radius 1 is 1.25 bits per heavy atom. The first-order chi connectivity index (χ1) is 11.6. The maximum absolute atomic E-state index is 12.5. The predicted octanol–water partition coefficient (Wildman–Crippen LogP) is 3.20. The fourth-order valence-electron chi connectivity index (χ4n) is 3.41. The summed E-state index contributed by atoms with van der Waals surface area (Å²) in [5.41, 5.74) is 4.04. The van der Waals surface area contributed by atoms with Crippen LogP contribution in [-0.2, 0) is 25.8 Å². The first kappa shape index (κ1) is 16.6. The molecule has 1 unspecified atom stereocenters. The molecule has 1 aromatic heterocycles. The second kappa shape index (κ2) is 7.12. The molecule has 2 aromatic rings. The number of benzene rings is 1. The first-order valence-electron chi connectivity index (χ1n) is 8.82. The lowest BCUT2D eigenvalue weighted by molar-refractivity contribution is 0.0957. The average Bonchev–Trinajstić information content (AvgIpc) is 2.61. The molecule has 0 bridgehead atoms. The molecule has 3 rings (SSSR count). The summed E-state index contributed by atoms with van der Waals surface area (Å²) in [6.45, 7) is 4.63. The largest absolute Gasteiger partial charge is 0.294 e. The van der Waals surface area contributed by atoms with Gasteiger partial charge in [0, 0.05) is 24.6 Å². The Bertz CT molecular complexity index is 790. The van der Waals surface area contributed by atoms with Crippen molar-refractivity contribution in [2.75, 3.05) is 0 Å². The molecular formula is C20H24N2O2. The SMILES string of the molecule is CCc1ccc(C(=O)CC2CCc3nn(CC)c(=O)cc3C2)cc1. The van der Waals surface area contributed by atoms with Crippen LogP contribution in [0.4, 0.5) is 0 Å². The maximum Gasteiger partial charge on any atom is 0.267 e. The minimum Gasteiger partial charge on any atom is -0.294 e. The van der Waals surface area contributed by atoms with Crippen molar-refractivity contribution >= 4 is 5.78 Å². The summed E-state index contributed by atoms with van der Waals surface area (Å²) in [6, 6.07) is 9.62. The number of rotatable bonds is 5. The van der Waals surface area contributed by atoms with Crippen LogP contribution in [0.3, 0.4) is 0 Å². The van der Waals surface area contributed by atoms with E-state index in [1.54, 1.807) is 6.07 Å². The Morgan fingerprint density at radius 3 is 2.67 bits per heavy atom. The number of nitrogens with zero attached hydrogens (tertiary/aromatic N) is 2. The summed E-state index contributed by atoms with van der Waals surface area (Å²) >= 11 is 0. The Morgan fingerprint density at radius 2 is 2.00 bits per heavy atom. The second-order valence-corrected chi connectivity index (χ2v) is 6.56. The first-order valence-corrected chi connectivity index (χ1v) is 8.82. The maximum atomic E-state index is 12.5. The zero-order valence-electron chi connectivity index (χ0n) is 14.4. The van der Waals surface area contributed by atoms with Gasteiger partial charge in [0.1, 0.15) is 0 Å². The number of hydrogen-bond acceptors (Lipinski definition) is 3. The highest BCUT2D eigenvalue weighted by atomic mass is 16.1. The summed E-state index contributed by atoms with van der Waals surface area (Å²) in [5, 5.41) is 4.44. The highest BCUT2D eigenvalue weighted by molar-refractivity contribution is 5.96. The molecule has 126 valence electrons. The van der Waals surface area contributed by atoms with Gasteiger partial charge < -0.3 is 0 Å². The van der Waals surface area contributed by atoms with Gasteiger partial charge in [0.25, 0.3) is 5.56 Å². The molecule has 1 aliphatic rings. The molecule has 0 saturated carbocycles. The number of aryl methyl sites for hydroxylation is 3. The molecule has 1 atom stereocenters. The zero-order valence-corrected chi connectivity index (χ0v) is 14.4. The topological polar surface area (TPSA) is 52.0 Å².